The van der Waals surface area contributed by atoms with Crippen LogP contribution in [0.3, 0.4) is 0 Å². The van der Waals surface area contributed by atoms with Crippen molar-refractivity contribution in [3.05, 3.63) is 29.8 Å². The van der Waals surface area contributed by atoms with Gasteiger partial charge in [0.15, 0.2) is 6.61 Å². The number of carbonyl (C=O) groups is 2. The van der Waals surface area contributed by atoms with Gasteiger partial charge in [0.05, 0.1) is 10.5 Å². The van der Waals surface area contributed by atoms with E-state index in [2.05, 4.69) is 23.9 Å². The number of ether oxygens (including phenoxy) is 1. The number of amides is 1. The first-order valence-corrected chi connectivity index (χ1v) is 10.8. The van der Waals surface area contributed by atoms with Gasteiger partial charge in [-0.1, -0.05) is 33.6 Å². The summed E-state index contributed by atoms with van der Waals surface area (Å²) < 4.78 is 31.2. The van der Waals surface area contributed by atoms with Crippen molar-refractivity contribution in [1.82, 2.24) is 10.0 Å². The van der Waals surface area contributed by atoms with Gasteiger partial charge in [-0.2, -0.15) is 0 Å². The Morgan fingerprint density at radius 1 is 1.15 bits per heavy atom. The molecule has 0 spiro atoms. The SMILES string of the molecule is CCNS(=O)(=O)c1ccc(C(=O)OCC(=O)N[C@@H]2CCC[C@@H](C)[C@@H]2C)cc1. The minimum Gasteiger partial charge on any atom is -0.452 e. The molecule has 0 bridgehead atoms. The second-order valence-corrected chi connectivity index (χ2v) is 8.81. The van der Waals surface area contributed by atoms with Crippen LogP contribution in [0.4, 0.5) is 0 Å². The van der Waals surface area contributed by atoms with Crippen LogP contribution in [0.25, 0.3) is 0 Å². The number of sulfonamides is 1. The molecule has 27 heavy (non-hydrogen) atoms. The first-order chi connectivity index (χ1) is 12.7. The summed E-state index contributed by atoms with van der Waals surface area (Å²) in [5.74, 6) is -0.0310. The lowest BCUT2D eigenvalue weighted by Crippen LogP contribution is -2.45. The fourth-order valence-corrected chi connectivity index (χ4v) is 4.33. The van der Waals surface area contributed by atoms with E-state index in [1.807, 2.05) is 0 Å². The van der Waals surface area contributed by atoms with Crippen LogP contribution in [-0.4, -0.2) is 39.5 Å². The smallest absolute Gasteiger partial charge is 0.338 e. The van der Waals surface area contributed by atoms with Gasteiger partial charge in [-0.3, -0.25) is 4.79 Å². The van der Waals surface area contributed by atoms with Crippen molar-refractivity contribution in [2.75, 3.05) is 13.2 Å². The van der Waals surface area contributed by atoms with Gasteiger partial charge in [-0.05, 0) is 42.5 Å². The zero-order valence-electron chi connectivity index (χ0n) is 16.0. The highest BCUT2D eigenvalue weighted by atomic mass is 32.2. The number of hydrogen-bond acceptors (Lipinski definition) is 5. The maximum absolute atomic E-state index is 12.1. The molecule has 8 heteroatoms. The van der Waals surface area contributed by atoms with Crippen LogP contribution < -0.4 is 10.0 Å². The van der Waals surface area contributed by atoms with E-state index in [-0.39, 0.29) is 35.6 Å². The van der Waals surface area contributed by atoms with Crippen LogP contribution in [-0.2, 0) is 19.6 Å². The first kappa shape index (κ1) is 21.4. The lowest BCUT2D eigenvalue weighted by molar-refractivity contribution is -0.125. The molecule has 1 saturated carbocycles. The minimum atomic E-state index is -3.57. The van der Waals surface area contributed by atoms with Crippen LogP contribution in [0.5, 0.6) is 0 Å². The quantitative estimate of drug-likeness (QED) is 0.687. The summed E-state index contributed by atoms with van der Waals surface area (Å²) in [6.07, 6.45) is 3.19. The molecule has 0 aliphatic heterocycles. The molecule has 0 saturated heterocycles. The second-order valence-electron chi connectivity index (χ2n) is 7.04. The van der Waals surface area contributed by atoms with E-state index in [1.54, 1.807) is 6.92 Å². The summed E-state index contributed by atoms with van der Waals surface area (Å²) in [4.78, 5) is 24.2. The highest BCUT2D eigenvalue weighted by Gasteiger charge is 2.28. The topological polar surface area (TPSA) is 102 Å². The third-order valence-corrected chi connectivity index (χ3v) is 6.68. The monoisotopic (exact) mass is 396 g/mol. The molecule has 0 aromatic heterocycles. The fraction of sp³-hybridized carbons (Fsp3) is 0.579. The Bertz CT molecular complexity index is 761. The van der Waals surface area contributed by atoms with E-state index in [4.69, 9.17) is 4.74 Å². The largest absolute Gasteiger partial charge is 0.452 e. The van der Waals surface area contributed by atoms with Crippen molar-refractivity contribution in [2.45, 2.75) is 51.0 Å². The van der Waals surface area contributed by atoms with Crippen LogP contribution in [0.2, 0.25) is 0 Å². The second kappa shape index (κ2) is 9.32. The molecule has 3 atom stereocenters. The van der Waals surface area contributed by atoms with Gasteiger partial charge < -0.3 is 10.1 Å². The predicted octanol–water partition coefficient (Wildman–Crippen LogP) is 2.08. The van der Waals surface area contributed by atoms with Gasteiger partial charge in [0.25, 0.3) is 5.91 Å². The van der Waals surface area contributed by atoms with E-state index in [0.29, 0.717) is 11.8 Å². The summed E-state index contributed by atoms with van der Waals surface area (Å²) in [5.41, 5.74) is 0.193. The van der Waals surface area contributed by atoms with Crippen LogP contribution >= 0.6 is 0 Å². The van der Waals surface area contributed by atoms with Crippen molar-refractivity contribution < 1.29 is 22.7 Å². The molecule has 0 heterocycles. The fourth-order valence-electron chi connectivity index (χ4n) is 3.29. The van der Waals surface area contributed by atoms with Gasteiger partial charge >= 0.3 is 5.97 Å². The summed E-state index contributed by atoms with van der Waals surface area (Å²) >= 11 is 0. The van der Waals surface area contributed by atoms with Crippen LogP contribution in [0.15, 0.2) is 29.2 Å². The minimum absolute atomic E-state index is 0.0686. The van der Waals surface area contributed by atoms with Gasteiger partial charge in [0.2, 0.25) is 10.0 Å². The molecule has 7 nitrogen and oxygen atoms in total. The molecule has 2 N–H and O–H groups in total. The van der Waals surface area contributed by atoms with E-state index < -0.39 is 16.0 Å². The van der Waals surface area contributed by atoms with Gasteiger partial charge in [0, 0.05) is 12.6 Å². The molecular weight excluding hydrogens is 368 g/mol. The lowest BCUT2D eigenvalue weighted by Gasteiger charge is -2.34. The molecule has 1 aromatic rings. The number of hydrogen-bond donors (Lipinski definition) is 2. The molecule has 1 aliphatic carbocycles. The summed E-state index contributed by atoms with van der Waals surface area (Å²) in [6, 6.07) is 5.51. The molecule has 1 fully saturated rings. The first-order valence-electron chi connectivity index (χ1n) is 9.30. The maximum atomic E-state index is 12.1. The van der Waals surface area contributed by atoms with Crippen molar-refractivity contribution in [3.8, 4) is 0 Å². The molecule has 1 aliphatic rings. The average Bonchev–Trinajstić information content (AvgIpc) is 2.63. The Kier molecular flexibility index (Phi) is 7.38. The standard InChI is InChI=1S/C19H28N2O5S/c1-4-20-27(24,25)16-10-8-15(9-11-16)19(23)26-12-18(22)21-17-7-5-6-13(2)14(17)3/h8-11,13-14,17,20H,4-7,12H2,1-3H3,(H,21,22)/t13-,14+,17-/m1/s1. The normalized spacial score (nSPS) is 22.9. The van der Waals surface area contributed by atoms with E-state index in [0.717, 1.165) is 12.8 Å². The van der Waals surface area contributed by atoms with Gasteiger partial charge in [-0.25, -0.2) is 17.9 Å². The molecule has 0 unspecified atom stereocenters. The summed E-state index contributed by atoms with van der Waals surface area (Å²) in [7, 11) is -3.57. The molecule has 0 radical (unpaired) electrons. The van der Waals surface area contributed by atoms with Crippen molar-refractivity contribution >= 4 is 21.9 Å². The Labute approximate surface area is 160 Å². The van der Waals surface area contributed by atoms with Gasteiger partial charge in [-0.15, -0.1) is 0 Å². The molecular formula is C19H28N2O5S. The maximum Gasteiger partial charge on any atom is 0.338 e. The van der Waals surface area contributed by atoms with Crippen LogP contribution in [0.1, 0.15) is 50.4 Å². The number of benzene rings is 1. The van der Waals surface area contributed by atoms with Crippen molar-refractivity contribution in [3.63, 3.8) is 0 Å². The van der Waals surface area contributed by atoms with E-state index >= 15 is 0 Å². The number of rotatable bonds is 7. The third-order valence-electron chi connectivity index (χ3n) is 5.12. The Hall–Kier alpha value is -1.93. The zero-order valence-corrected chi connectivity index (χ0v) is 16.8. The highest BCUT2D eigenvalue weighted by Crippen LogP contribution is 2.29. The van der Waals surface area contributed by atoms with Crippen molar-refractivity contribution in [2.24, 2.45) is 11.8 Å². The zero-order chi connectivity index (χ0) is 20.0. The Morgan fingerprint density at radius 3 is 2.44 bits per heavy atom. The number of nitrogens with one attached hydrogen (secondary N) is 2. The van der Waals surface area contributed by atoms with E-state index in [1.165, 1.54) is 30.7 Å². The average molecular weight is 397 g/mol. The molecule has 2 rings (SSSR count). The Morgan fingerprint density at radius 2 is 1.81 bits per heavy atom. The number of esters is 1. The third kappa shape index (κ3) is 5.77. The Balaban J connectivity index is 1.87. The van der Waals surface area contributed by atoms with Crippen LogP contribution in [0, 0.1) is 11.8 Å². The molecule has 150 valence electrons. The molecule has 1 aromatic carbocycles. The predicted molar refractivity (Wildman–Crippen MR) is 102 cm³/mol. The molecule has 1 amide bonds. The highest BCUT2D eigenvalue weighted by molar-refractivity contribution is 7.89. The number of carbonyl (C=O) groups excluding carboxylic acids is 2. The van der Waals surface area contributed by atoms with Gasteiger partial charge in [0.1, 0.15) is 0 Å². The lowest BCUT2D eigenvalue weighted by atomic mass is 9.78. The van der Waals surface area contributed by atoms with Crippen molar-refractivity contribution in [1.29, 1.82) is 0 Å². The summed E-state index contributed by atoms with van der Waals surface area (Å²) in [5, 5.41) is 2.95. The van der Waals surface area contributed by atoms with E-state index in [9.17, 15) is 18.0 Å². The summed E-state index contributed by atoms with van der Waals surface area (Å²) in [6.45, 7) is 5.92.